The molecular formula is C10H11FO2. The lowest BCUT2D eigenvalue weighted by Crippen LogP contribution is -2.01. The van der Waals surface area contributed by atoms with Gasteiger partial charge in [0.15, 0.2) is 0 Å². The number of aliphatic hydroxyl groups is 1. The van der Waals surface area contributed by atoms with Crippen molar-refractivity contribution in [3.05, 3.63) is 35.1 Å². The molecule has 0 radical (unpaired) electrons. The van der Waals surface area contributed by atoms with Crippen molar-refractivity contribution in [1.82, 2.24) is 0 Å². The molecule has 0 saturated carbocycles. The van der Waals surface area contributed by atoms with Gasteiger partial charge in [-0.1, -0.05) is 6.07 Å². The second kappa shape index (κ2) is 4.14. The summed E-state index contributed by atoms with van der Waals surface area (Å²) in [5, 5.41) is 8.88. The number of rotatable bonds is 3. The average molecular weight is 182 g/mol. The number of halogens is 1. The van der Waals surface area contributed by atoms with Crippen molar-refractivity contribution >= 4 is 5.78 Å². The van der Waals surface area contributed by atoms with Gasteiger partial charge in [-0.25, -0.2) is 4.39 Å². The van der Waals surface area contributed by atoms with E-state index in [1.54, 1.807) is 0 Å². The molecule has 0 aromatic heterocycles. The van der Waals surface area contributed by atoms with E-state index < -0.39 is 5.82 Å². The normalized spacial score (nSPS) is 10.1. The molecule has 0 bridgehead atoms. The van der Waals surface area contributed by atoms with E-state index in [0.29, 0.717) is 11.1 Å². The van der Waals surface area contributed by atoms with Gasteiger partial charge in [-0.3, -0.25) is 4.79 Å². The quantitative estimate of drug-likeness (QED) is 0.768. The molecule has 1 rings (SSSR count). The van der Waals surface area contributed by atoms with Gasteiger partial charge in [-0.05, 0) is 30.2 Å². The number of hydrogen-bond donors (Lipinski definition) is 1. The van der Waals surface area contributed by atoms with Gasteiger partial charge in [-0.2, -0.15) is 0 Å². The Morgan fingerprint density at radius 3 is 2.69 bits per heavy atom. The van der Waals surface area contributed by atoms with Gasteiger partial charge < -0.3 is 5.11 Å². The third kappa shape index (κ3) is 2.63. The van der Waals surface area contributed by atoms with Crippen LogP contribution in [0.1, 0.15) is 18.1 Å². The van der Waals surface area contributed by atoms with Crippen LogP contribution in [0.25, 0.3) is 0 Å². The molecule has 2 nitrogen and oxygen atoms in total. The summed E-state index contributed by atoms with van der Waals surface area (Å²) < 4.78 is 12.7. The second-order valence-electron chi connectivity index (χ2n) is 2.95. The van der Waals surface area contributed by atoms with Crippen LogP contribution in [0.3, 0.4) is 0 Å². The van der Waals surface area contributed by atoms with Crippen LogP contribution < -0.4 is 0 Å². The van der Waals surface area contributed by atoms with E-state index in [1.165, 1.54) is 25.1 Å². The first-order chi connectivity index (χ1) is 6.13. The summed E-state index contributed by atoms with van der Waals surface area (Å²) in [6, 6.07) is 4.07. The minimum atomic E-state index is -0.392. The molecule has 0 aliphatic rings. The van der Waals surface area contributed by atoms with Crippen LogP contribution in [0.15, 0.2) is 18.2 Å². The maximum absolute atomic E-state index is 12.7. The van der Waals surface area contributed by atoms with Crippen molar-refractivity contribution in [2.45, 2.75) is 20.0 Å². The van der Waals surface area contributed by atoms with Crippen molar-refractivity contribution in [2.75, 3.05) is 0 Å². The van der Waals surface area contributed by atoms with Crippen LogP contribution >= 0.6 is 0 Å². The Bertz CT molecular complexity index is 321. The Kier molecular flexibility index (Phi) is 3.14. The number of carbonyl (C=O) groups is 1. The molecule has 0 amide bonds. The minimum Gasteiger partial charge on any atom is -0.392 e. The summed E-state index contributed by atoms with van der Waals surface area (Å²) in [5.74, 6) is -0.391. The molecule has 13 heavy (non-hydrogen) atoms. The molecule has 0 heterocycles. The number of ketones is 1. The van der Waals surface area contributed by atoms with Crippen LogP contribution in [-0.2, 0) is 17.8 Å². The maximum Gasteiger partial charge on any atom is 0.134 e. The van der Waals surface area contributed by atoms with E-state index in [-0.39, 0.29) is 18.8 Å². The van der Waals surface area contributed by atoms with Gasteiger partial charge in [0.2, 0.25) is 0 Å². The summed E-state index contributed by atoms with van der Waals surface area (Å²) in [5.41, 5.74) is 1.17. The van der Waals surface area contributed by atoms with E-state index in [2.05, 4.69) is 0 Å². The molecule has 1 aromatic carbocycles. The highest BCUT2D eigenvalue weighted by Gasteiger charge is 2.05. The summed E-state index contributed by atoms with van der Waals surface area (Å²) in [7, 11) is 0. The van der Waals surface area contributed by atoms with Crippen molar-refractivity contribution in [3.8, 4) is 0 Å². The fourth-order valence-electron chi connectivity index (χ4n) is 1.18. The Labute approximate surface area is 76.0 Å². The topological polar surface area (TPSA) is 37.3 Å². The summed E-state index contributed by atoms with van der Waals surface area (Å²) in [4.78, 5) is 10.8. The lowest BCUT2D eigenvalue weighted by Gasteiger charge is -2.04. The molecular weight excluding hydrogens is 171 g/mol. The van der Waals surface area contributed by atoms with Gasteiger partial charge in [0.05, 0.1) is 6.61 Å². The van der Waals surface area contributed by atoms with Gasteiger partial charge in [0, 0.05) is 6.42 Å². The van der Waals surface area contributed by atoms with Crippen molar-refractivity contribution in [1.29, 1.82) is 0 Å². The zero-order chi connectivity index (χ0) is 9.84. The predicted molar refractivity (Wildman–Crippen MR) is 46.7 cm³/mol. The average Bonchev–Trinajstić information content (AvgIpc) is 2.07. The SMILES string of the molecule is CC(=O)Cc1ccc(F)cc1CO. The molecule has 0 spiro atoms. The largest absolute Gasteiger partial charge is 0.392 e. The molecule has 0 unspecified atom stereocenters. The van der Waals surface area contributed by atoms with E-state index in [1.807, 2.05) is 0 Å². The summed E-state index contributed by atoms with van der Waals surface area (Å²) in [6.07, 6.45) is 0.246. The van der Waals surface area contributed by atoms with Gasteiger partial charge in [0.25, 0.3) is 0 Å². The van der Waals surface area contributed by atoms with Crippen LogP contribution in [0, 0.1) is 5.82 Å². The van der Waals surface area contributed by atoms with Gasteiger partial charge >= 0.3 is 0 Å². The number of carbonyl (C=O) groups excluding carboxylic acids is 1. The first kappa shape index (κ1) is 9.86. The fourth-order valence-corrected chi connectivity index (χ4v) is 1.18. The van der Waals surface area contributed by atoms with E-state index in [0.717, 1.165) is 0 Å². The molecule has 3 heteroatoms. The molecule has 0 fully saturated rings. The molecule has 0 aliphatic carbocycles. The third-order valence-corrected chi connectivity index (χ3v) is 1.78. The monoisotopic (exact) mass is 182 g/mol. The Morgan fingerprint density at radius 2 is 2.15 bits per heavy atom. The highest BCUT2D eigenvalue weighted by molar-refractivity contribution is 5.78. The van der Waals surface area contributed by atoms with Crippen LogP contribution in [0.4, 0.5) is 4.39 Å². The minimum absolute atomic E-state index is 0.00121. The first-order valence-corrected chi connectivity index (χ1v) is 4.01. The fraction of sp³-hybridized carbons (Fsp3) is 0.300. The number of hydrogen-bond acceptors (Lipinski definition) is 2. The van der Waals surface area contributed by atoms with Crippen LogP contribution in [-0.4, -0.2) is 10.9 Å². The zero-order valence-corrected chi connectivity index (χ0v) is 7.38. The lowest BCUT2D eigenvalue weighted by molar-refractivity contribution is -0.116. The molecule has 1 aromatic rings. The van der Waals surface area contributed by atoms with E-state index >= 15 is 0 Å². The maximum atomic E-state index is 12.7. The van der Waals surface area contributed by atoms with Crippen molar-refractivity contribution < 1.29 is 14.3 Å². The number of aliphatic hydroxyl groups excluding tert-OH is 1. The third-order valence-electron chi connectivity index (χ3n) is 1.78. The second-order valence-corrected chi connectivity index (χ2v) is 2.95. The molecule has 0 saturated heterocycles. The van der Waals surface area contributed by atoms with E-state index in [9.17, 15) is 9.18 Å². The van der Waals surface area contributed by atoms with Crippen molar-refractivity contribution in [2.24, 2.45) is 0 Å². The molecule has 0 atom stereocenters. The Morgan fingerprint density at radius 1 is 1.46 bits per heavy atom. The summed E-state index contributed by atoms with van der Waals surface area (Å²) in [6.45, 7) is 1.23. The summed E-state index contributed by atoms with van der Waals surface area (Å²) >= 11 is 0. The zero-order valence-electron chi connectivity index (χ0n) is 7.38. The standard InChI is InChI=1S/C10H11FO2/c1-7(13)4-8-2-3-10(11)5-9(8)6-12/h2-3,5,12H,4,6H2,1H3. The number of Topliss-reactive ketones (excluding diaryl/α,β-unsaturated/α-hetero) is 1. The van der Waals surface area contributed by atoms with Crippen LogP contribution in [0.2, 0.25) is 0 Å². The molecule has 0 aliphatic heterocycles. The predicted octanol–water partition coefficient (Wildman–Crippen LogP) is 1.45. The van der Waals surface area contributed by atoms with Crippen LogP contribution in [0.5, 0.6) is 0 Å². The van der Waals surface area contributed by atoms with E-state index in [4.69, 9.17) is 5.11 Å². The Balaban J connectivity index is 2.99. The number of benzene rings is 1. The first-order valence-electron chi connectivity index (χ1n) is 4.01. The Hall–Kier alpha value is -1.22. The van der Waals surface area contributed by atoms with Gasteiger partial charge in [-0.15, -0.1) is 0 Å². The van der Waals surface area contributed by atoms with Crippen molar-refractivity contribution in [3.63, 3.8) is 0 Å². The smallest absolute Gasteiger partial charge is 0.134 e. The van der Waals surface area contributed by atoms with Gasteiger partial charge in [0.1, 0.15) is 11.6 Å². The highest BCUT2D eigenvalue weighted by atomic mass is 19.1. The lowest BCUT2D eigenvalue weighted by atomic mass is 10.0. The molecule has 1 N–H and O–H groups in total. The molecule has 70 valence electrons. The highest BCUT2D eigenvalue weighted by Crippen LogP contribution is 2.12.